The Kier molecular flexibility index (Phi) is 3.31. The first-order valence-corrected chi connectivity index (χ1v) is 6.29. The minimum atomic E-state index is -0.508. The molecular formula is C14H13N3O4. The fourth-order valence-electron chi connectivity index (χ4n) is 1.97. The molecule has 0 saturated carbocycles. The van der Waals surface area contributed by atoms with E-state index in [-0.39, 0.29) is 12.4 Å². The summed E-state index contributed by atoms with van der Waals surface area (Å²) in [5, 5.41) is 7.93. The lowest BCUT2D eigenvalue weighted by Crippen LogP contribution is -2.01. The van der Waals surface area contributed by atoms with Crippen molar-refractivity contribution < 1.29 is 18.7 Å². The van der Waals surface area contributed by atoms with Crippen LogP contribution in [0.1, 0.15) is 21.9 Å². The van der Waals surface area contributed by atoms with Gasteiger partial charge in [-0.05, 0) is 25.1 Å². The molecule has 0 fully saturated rings. The van der Waals surface area contributed by atoms with Crippen molar-refractivity contribution in [1.82, 2.24) is 14.6 Å². The highest BCUT2D eigenvalue weighted by Gasteiger charge is 2.16. The minimum Gasteiger partial charge on any atom is -0.463 e. The lowest BCUT2D eigenvalue weighted by atomic mass is 10.3. The first kappa shape index (κ1) is 13.2. The van der Waals surface area contributed by atoms with Crippen LogP contribution in [0.25, 0.3) is 5.65 Å². The first-order chi connectivity index (χ1) is 10.2. The Morgan fingerprint density at radius 2 is 2.24 bits per heavy atom. The summed E-state index contributed by atoms with van der Waals surface area (Å²) in [7, 11) is 1.31. The van der Waals surface area contributed by atoms with Crippen LogP contribution >= 0.6 is 0 Å². The van der Waals surface area contributed by atoms with Crippen LogP contribution in [0.2, 0.25) is 0 Å². The van der Waals surface area contributed by atoms with E-state index < -0.39 is 5.97 Å². The smallest absolute Gasteiger partial charge is 0.374 e. The monoisotopic (exact) mass is 287 g/mol. The molecule has 0 aliphatic carbocycles. The lowest BCUT2D eigenvalue weighted by Gasteiger charge is -2.01. The van der Waals surface area contributed by atoms with Crippen molar-refractivity contribution in [2.24, 2.45) is 0 Å². The highest BCUT2D eigenvalue weighted by atomic mass is 16.5. The third kappa shape index (κ3) is 2.45. The Morgan fingerprint density at radius 3 is 3.05 bits per heavy atom. The molecule has 108 valence electrons. The van der Waals surface area contributed by atoms with Crippen LogP contribution in [0.4, 0.5) is 0 Å². The maximum absolute atomic E-state index is 11.5. The zero-order valence-electron chi connectivity index (χ0n) is 11.6. The highest BCUT2D eigenvalue weighted by Crippen LogP contribution is 2.18. The van der Waals surface area contributed by atoms with Crippen molar-refractivity contribution in [1.29, 1.82) is 0 Å². The quantitative estimate of drug-likeness (QED) is 0.683. The molecule has 21 heavy (non-hydrogen) atoms. The van der Waals surface area contributed by atoms with Crippen LogP contribution < -0.4 is 4.74 Å². The van der Waals surface area contributed by atoms with Gasteiger partial charge >= 0.3 is 12.0 Å². The predicted octanol–water partition coefficient (Wildman–Crippen LogP) is 2.00. The molecule has 0 radical (unpaired) electrons. The Bertz CT molecular complexity index is 790. The van der Waals surface area contributed by atoms with Gasteiger partial charge in [-0.25, -0.2) is 4.79 Å². The number of rotatable bonds is 4. The number of carbonyl (C=O) groups excluding carboxylic acids is 1. The molecule has 0 spiro atoms. The number of esters is 1. The van der Waals surface area contributed by atoms with Crippen LogP contribution in [-0.2, 0) is 11.3 Å². The fraction of sp³-hybridized carbons (Fsp3) is 0.214. The van der Waals surface area contributed by atoms with E-state index in [4.69, 9.17) is 9.15 Å². The van der Waals surface area contributed by atoms with Crippen LogP contribution in [0, 0.1) is 6.92 Å². The molecule has 0 atom stereocenters. The largest absolute Gasteiger partial charge is 0.463 e. The molecule has 7 nitrogen and oxygen atoms in total. The molecule has 3 aromatic heterocycles. The number of aryl methyl sites for hydroxylation is 1. The number of hydrogen-bond donors (Lipinski definition) is 0. The van der Waals surface area contributed by atoms with E-state index in [1.54, 1.807) is 23.6 Å². The third-order valence-electron chi connectivity index (χ3n) is 2.97. The number of hydrogen-bond acceptors (Lipinski definition) is 6. The summed E-state index contributed by atoms with van der Waals surface area (Å²) >= 11 is 0. The number of carbonyl (C=O) groups is 1. The summed E-state index contributed by atoms with van der Waals surface area (Å²) in [5.74, 6) is 0.189. The van der Waals surface area contributed by atoms with Gasteiger partial charge in [0.1, 0.15) is 12.4 Å². The number of methoxy groups -OCH3 is 1. The molecule has 0 aliphatic rings. The van der Waals surface area contributed by atoms with Crippen LogP contribution in [0.15, 0.2) is 34.9 Å². The fourth-order valence-corrected chi connectivity index (χ4v) is 1.97. The molecule has 0 saturated heterocycles. The maximum Gasteiger partial charge on any atom is 0.374 e. The number of pyridine rings is 1. The molecule has 3 rings (SSSR count). The van der Waals surface area contributed by atoms with E-state index in [1.165, 1.54) is 7.11 Å². The minimum absolute atomic E-state index is 0.146. The molecule has 0 aromatic carbocycles. The Labute approximate surface area is 120 Å². The lowest BCUT2D eigenvalue weighted by molar-refractivity contribution is 0.0559. The summed E-state index contributed by atoms with van der Waals surface area (Å²) in [5.41, 5.74) is 1.39. The molecule has 0 N–H and O–H groups in total. The molecule has 7 heteroatoms. The zero-order chi connectivity index (χ0) is 14.8. The summed E-state index contributed by atoms with van der Waals surface area (Å²) in [4.78, 5) is 11.5. The second-order valence-corrected chi connectivity index (χ2v) is 4.42. The van der Waals surface area contributed by atoms with Gasteiger partial charge in [0.25, 0.3) is 0 Å². The summed E-state index contributed by atoms with van der Waals surface area (Å²) in [6.45, 7) is 1.92. The molecule has 3 aromatic rings. The normalized spacial score (nSPS) is 10.8. The van der Waals surface area contributed by atoms with Crippen molar-refractivity contribution in [3.8, 4) is 6.01 Å². The first-order valence-electron chi connectivity index (χ1n) is 6.29. The average Bonchev–Trinajstić information content (AvgIpc) is 3.08. The highest BCUT2D eigenvalue weighted by molar-refractivity contribution is 5.87. The molecule has 3 heterocycles. The van der Waals surface area contributed by atoms with Gasteiger partial charge in [-0.1, -0.05) is 11.2 Å². The van der Waals surface area contributed by atoms with Crippen LogP contribution in [0.3, 0.4) is 0 Å². The Balaban J connectivity index is 1.77. The second kappa shape index (κ2) is 5.28. The number of nitrogens with zero attached hydrogens (tertiary/aromatic N) is 3. The summed E-state index contributed by atoms with van der Waals surface area (Å²) in [6.07, 6.45) is 1.80. The summed E-state index contributed by atoms with van der Waals surface area (Å²) in [6, 6.07) is 7.64. The van der Waals surface area contributed by atoms with Crippen LogP contribution in [0.5, 0.6) is 6.01 Å². The van der Waals surface area contributed by atoms with Crippen molar-refractivity contribution in [3.05, 3.63) is 47.5 Å². The molecule has 0 aliphatic heterocycles. The van der Waals surface area contributed by atoms with Gasteiger partial charge in [0.05, 0.1) is 7.11 Å². The van der Waals surface area contributed by atoms with Gasteiger partial charge < -0.3 is 13.9 Å². The number of aromatic nitrogens is 3. The van der Waals surface area contributed by atoms with E-state index in [1.807, 2.05) is 18.2 Å². The van der Waals surface area contributed by atoms with Crippen molar-refractivity contribution in [2.45, 2.75) is 13.5 Å². The molecular weight excluding hydrogens is 274 g/mol. The molecule has 0 bridgehead atoms. The molecule has 0 amide bonds. The predicted molar refractivity (Wildman–Crippen MR) is 72.1 cm³/mol. The van der Waals surface area contributed by atoms with E-state index in [0.717, 1.165) is 0 Å². The Hall–Kier alpha value is -2.83. The van der Waals surface area contributed by atoms with Gasteiger partial charge in [-0.3, -0.25) is 4.40 Å². The van der Waals surface area contributed by atoms with E-state index in [9.17, 15) is 4.79 Å². The topological polar surface area (TPSA) is 78.9 Å². The van der Waals surface area contributed by atoms with Crippen molar-refractivity contribution >= 4 is 11.6 Å². The average molecular weight is 287 g/mol. The van der Waals surface area contributed by atoms with Gasteiger partial charge in [-0.15, -0.1) is 5.10 Å². The Morgan fingerprint density at radius 1 is 1.38 bits per heavy atom. The van der Waals surface area contributed by atoms with E-state index in [2.05, 4.69) is 14.9 Å². The van der Waals surface area contributed by atoms with Crippen LogP contribution in [-0.4, -0.2) is 27.7 Å². The van der Waals surface area contributed by atoms with Gasteiger partial charge in [0.15, 0.2) is 5.65 Å². The number of furan rings is 1. The molecule has 0 unspecified atom stereocenters. The van der Waals surface area contributed by atoms with Gasteiger partial charge in [0, 0.05) is 11.8 Å². The number of fused-ring (bicyclic) bond motifs is 1. The number of ether oxygens (including phenoxy) is 2. The van der Waals surface area contributed by atoms with Gasteiger partial charge in [0.2, 0.25) is 5.76 Å². The van der Waals surface area contributed by atoms with E-state index in [0.29, 0.717) is 23.0 Å². The van der Waals surface area contributed by atoms with Crippen molar-refractivity contribution in [3.63, 3.8) is 0 Å². The van der Waals surface area contributed by atoms with Crippen molar-refractivity contribution in [2.75, 3.05) is 7.11 Å². The standard InChI is InChI=1S/C14H13N3O4/c1-9-7-10(21-12(9)13(18)19-2)8-20-14-16-15-11-5-3-4-6-17(11)14/h3-7H,8H2,1-2H3. The second-order valence-electron chi connectivity index (χ2n) is 4.42. The van der Waals surface area contributed by atoms with E-state index >= 15 is 0 Å². The zero-order valence-corrected chi connectivity index (χ0v) is 11.6. The summed E-state index contributed by atoms with van der Waals surface area (Å²) < 4.78 is 17.3. The SMILES string of the molecule is COC(=O)c1oc(COc2nnc3ccccn23)cc1C. The maximum atomic E-state index is 11.5. The third-order valence-corrected chi connectivity index (χ3v) is 2.97. The van der Waals surface area contributed by atoms with Gasteiger partial charge in [-0.2, -0.15) is 0 Å².